The van der Waals surface area contributed by atoms with Gasteiger partial charge in [-0.15, -0.1) is 0 Å². The number of aromatic nitrogens is 1. The molecule has 0 bridgehead atoms. The molecule has 0 unspecified atom stereocenters. The molecule has 120 valence electrons. The summed E-state index contributed by atoms with van der Waals surface area (Å²) in [5.41, 5.74) is -0.414. The van der Waals surface area contributed by atoms with E-state index in [2.05, 4.69) is 10.3 Å². The number of rotatable bonds is 4. The van der Waals surface area contributed by atoms with Gasteiger partial charge in [0.15, 0.2) is 0 Å². The van der Waals surface area contributed by atoms with Crippen LogP contribution in [0, 0.1) is 26.0 Å². The molecule has 9 heteroatoms. The Balaban J connectivity index is 2.26. The Hall–Kier alpha value is -3.62. The largest absolute Gasteiger partial charge is 0.348 e. The van der Waals surface area contributed by atoms with E-state index in [-0.39, 0.29) is 16.6 Å². The normalized spacial score (nSPS) is 10.5. The maximum atomic E-state index is 13.0. The summed E-state index contributed by atoms with van der Waals surface area (Å²) >= 11 is 0. The van der Waals surface area contributed by atoms with Gasteiger partial charge in [-0.3, -0.25) is 25.2 Å². The van der Waals surface area contributed by atoms with Gasteiger partial charge in [0.2, 0.25) is 0 Å². The van der Waals surface area contributed by atoms with Gasteiger partial charge in [0, 0.05) is 11.9 Å². The highest BCUT2D eigenvalue weighted by Gasteiger charge is 2.26. The number of benzene rings is 2. The van der Waals surface area contributed by atoms with E-state index in [1.807, 2.05) is 0 Å². The van der Waals surface area contributed by atoms with Gasteiger partial charge in [-0.1, -0.05) is 0 Å². The van der Waals surface area contributed by atoms with E-state index in [0.717, 1.165) is 6.07 Å². The van der Waals surface area contributed by atoms with Crippen molar-refractivity contribution >= 4 is 33.7 Å². The Morgan fingerprint density at radius 1 is 1.00 bits per heavy atom. The first-order chi connectivity index (χ1) is 11.5. The van der Waals surface area contributed by atoms with Crippen LogP contribution in [-0.4, -0.2) is 14.8 Å². The predicted molar refractivity (Wildman–Crippen MR) is 84.7 cm³/mol. The molecular weight excluding hydrogens is 319 g/mol. The molecule has 3 rings (SSSR count). The molecule has 1 aromatic heterocycles. The number of nitro groups is 2. The number of anilines is 2. The van der Waals surface area contributed by atoms with E-state index in [1.54, 1.807) is 0 Å². The van der Waals surface area contributed by atoms with E-state index in [0.29, 0.717) is 5.69 Å². The zero-order valence-electron chi connectivity index (χ0n) is 12.0. The molecule has 1 heterocycles. The molecule has 8 nitrogen and oxygen atoms in total. The maximum Gasteiger partial charge on any atom is 0.301 e. The third-order valence-corrected chi connectivity index (χ3v) is 3.36. The molecule has 0 aliphatic rings. The number of fused-ring (bicyclic) bond motifs is 1. The van der Waals surface area contributed by atoms with Crippen LogP contribution < -0.4 is 5.32 Å². The molecule has 2 aromatic carbocycles. The van der Waals surface area contributed by atoms with Gasteiger partial charge in [-0.25, -0.2) is 4.39 Å². The van der Waals surface area contributed by atoms with Crippen molar-refractivity contribution in [2.24, 2.45) is 0 Å². The lowest BCUT2D eigenvalue weighted by Crippen LogP contribution is -2.02. The number of nitrogens with one attached hydrogen (secondary N) is 1. The van der Waals surface area contributed by atoms with E-state index in [4.69, 9.17) is 0 Å². The Morgan fingerprint density at radius 2 is 1.67 bits per heavy atom. The summed E-state index contributed by atoms with van der Waals surface area (Å²) in [6, 6.07) is 9.02. The molecule has 0 saturated heterocycles. The quantitative estimate of drug-likeness (QED) is 0.573. The standard InChI is InChI=1S/C15H9FN4O4/c16-9-3-5-10(6-4-9)18-15-13(20(23)24)8-12(19(21)22)11-2-1-7-17-14(11)15/h1-8,18H. The lowest BCUT2D eigenvalue weighted by Gasteiger charge is -2.10. The first-order valence-electron chi connectivity index (χ1n) is 6.70. The van der Waals surface area contributed by atoms with E-state index in [9.17, 15) is 24.6 Å². The minimum atomic E-state index is -0.729. The van der Waals surface area contributed by atoms with Gasteiger partial charge in [0.05, 0.1) is 21.3 Å². The number of non-ortho nitro benzene ring substituents is 1. The molecule has 0 saturated carbocycles. The molecule has 0 aliphatic carbocycles. The molecule has 0 atom stereocenters. The van der Waals surface area contributed by atoms with Gasteiger partial charge < -0.3 is 5.32 Å². The van der Waals surface area contributed by atoms with Gasteiger partial charge >= 0.3 is 5.69 Å². The highest BCUT2D eigenvalue weighted by molar-refractivity contribution is 6.02. The Bertz CT molecular complexity index is 960. The lowest BCUT2D eigenvalue weighted by atomic mass is 10.1. The van der Waals surface area contributed by atoms with E-state index in [1.165, 1.54) is 42.6 Å². The van der Waals surface area contributed by atoms with Crippen LogP contribution in [0.5, 0.6) is 0 Å². The molecule has 3 aromatic rings. The van der Waals surface area contributed by atoms with Gasteiger partial charge in [0.1, 0.15) is 17.0 Å². The second-order valence-corrected chi connectivity index (χ2v) is 4.84. The van der Waals surface area contributed by atoms with Crippen molar-refractivity contribution < 1.29 is 14.2 Å². The first-order valence-corrected chi connectivity index (χ1v) is 6.70. The zero-order valence-corrected chi connectivity index (χ0v) is 12.0. The van der Waals surface area contributed by atoms with Crippen molar-refractivity contribution in [1.82, 2.24) is 4.98 Å². The summed E-state index contributed by atoms with van der Waals surface area (Å²) in [5.74, 6) is -0.457. The van der Waals surface area contributed by atoms with Crippen molar-refractivity contribution in [2.45, 2.75) is 0 Å². The SMILES string of the molecule is O=[N+]([O-])c1cc([N+](=O)[O-])c2cccnc2c1Nc1ccc(F)cc1. The first kappa shape index (κ1) is 15.3. The summed E-state index contributed by atoms with van der Waals surface area (Å²) in [7, 11) is 0. The molecule has 0 fully saturated rings. The minimum absolute atomic E-state index is 0.00723. The van der Waals surface area contributed by atoms with Crippen LogP contribution in [0.25, 0.3) is 10.9 Å². The average Bonchev–Trinajstić information content (AvgIpc) is 2.56. The summed E-state index contributed by atoms with van der Waals surface area (Å²) in [6.07, 6.45) is 1.38. The fourth-order valence-corrected chi connectivity index (χ4v) is 2.31. The smallest absolute Gasteiger partial charge is 0.301 e. The highest BCUT2D eigenvalue weighted by atomic mass is 19.1. The van der Waals surface area contributed by atoms with E-state index < -0.39 is 27.0 Å². The summed E-state index contributed by atoms with van der Waals surface area (Å²) < 4.78 is 13.0. The summed E-state index contributed by atoms with van der Waals surface area (Å²) in [6.45, 7) is 0. The van der Waals surface area contributed by atoms with Crippen LogP contribution in [0.4, 0.5) is 27.1 Å². The van der Waals surface area contributed by atoms with Gasteiger partial charge in [-0.2, -0.15) is 0 Å². The third-order valence-electron chi connectivity index (χ3n) is 3.36. The summed E-state index contributed by atoms with van der Waals surface area (Å²) in [4.78, 5) is 25.1. The number of halogens is 1. The van der Waals surface area contributed by atoms with Crippen LogP contribution in [0.2, 0.25) is 0 Å². The zero-order chi connectivity index (χ0) is 17.3. The van der Waals surface area contributed by atoms with Gasteiger partial charge in [-0.05, 0) is 36.4 Å². The van der Waals surface area contributed by atoms with Crippen LogP contribution in [-0.2, 0) is 0 Å². The molecular formula is C15H9FN4O4. The second-order valence-electron chi connectivity index (χ2n) is 4.84. The molecule has 0 aliphatic heterocycles. The van der Waals surface area contributed by atoms with Crippen molar-refractivity contribution in [3.05, 3.63) is 74.7 Å². The van der Waals surface area contributed by atoms with Gasteiger partial charge in [0.25, 0.3) is 5.69 Å². The Kier molecular flexibility index (Phi) is 3.74. The highest BCUT2D eigenvalue weighted by Crippen LogP contribution is 2.39. The van der Waals surface area contributed by atoms with Crippen LogP contribution >= 0.6 is 0 Å². The number of nitro benzene ring substituents is 2. The molecule has 24 heavy (non-hydrogen) atoms. The predicted octanol–water partition coefficient (Wildman–Crippen LogP) is 3.93. The molecule has 0 amide bonds. The molecule has 0 radical (unpaired) electrons. The van der Waals surface area contributed by atoms with Crippen LogP contribution in [0.3, 0.4) is 0 Å². The number of pyridine rings is 1. The lowest BCUT2D eigenvalue weighted by molar-refractivity contribution is -0.392. The van der Waals surface area contributed by atoms with Crippen LogP contribution in [0.1, 0.15) is 0 Å². The van der Waals surface area contributed by atoms with Crippen LogP contribution in [0.15, 0.2) is 48.7 Å². The molecule has 1 N–H and O–H groups in total. The molecule has 0 spiro atoms. The number of hydrogen-bond acceptors (Lipinski definition) is 6. The van der Waals surface area contributed by atoms with Crippen molar-refractivity contribution in [3.8, 4) is 0 Å². The van der Waals surface area contributed by atoms with Crippen molar-refractivity contribution in [2.75, 3.05) is 5.32 Å². The Labute approximate surface area is 133 Å². The Morgan fingerprint density at radius 3 is 2.29 bits per heavy atom. The van der Waals surface area contributed by atoms with Crippen molar-refractivity contribution in [3.63, 3.8) is 0 Å². The second kappa shape index (κ2) is 5.88. The number of hydrogen-bond donors (Lipinski definition) is 1. The van der Waals surface area contributed by atoms with Crippen molar-refractivity contribution in [1.29, 1.82) is 0 Å². The monoisotopic (exact) mass is 328 g/mol. The fourth-order valence-electron chi connectivity index (χ4n) is 2.31. The number of nitrogens with zero attached hydrogens (tertiary/aromatic N) is 3. The maximum absolute atomic E-state index is 13.0. The fraction of sp³-hybridized carbons (Fsp3) is 0. The average molecular weight is 328 g/mol. The third kappa shape index (κ3) is 2.70. The van der Waals surface area contributed by atoms with E-state index >= 15 is 0 Å². The topological polar surface area (TPSA) is 111 Å². The summed E-state index contributed by atoms with van der Waals surface area (Å²) in [5, 5.41) is 25.5. The minimum Gasteiger partial charge on any atom is -0.348 e.